The zero-order valence-corrected chi connectivity index (χ0v) is 17.9. The number of carbonyl (C=O) groups is 1. The molecule has 31 heavy (non-hydrogen) atoms. The van der Waals surface area contributed by atoms with Gasteiger partial charge in [0, 0.05) is 23.1 Å². The van der Waals surface area contributed by atoms with Crippen LogP contribution in [0.3, 0.4) is 0 Å². The molecule has 0 spiro atoms. The van der Waals surface area contributed by atoms with Crippen LogP contribution in [-0.2, 0) is 0 Å². The Morgan fingerprint density at radius 3 is 2.87 bits per heavy atom. The maximum Gasteiger partial charge on any atom is 0.263 e. The molecule has 0 aliphatic rings. The summed E-state index contributed by atoms with van der Waals surface area (Å²) in [6.07, 6.45) is 9.01. The number of oxazole rings is 1. The number of hydrogen-bond acceptors (Lipinski definition) is 6. The molecular weight excluding hydrogens is 390 g/mol. The molecule has 0 aliphatic heterocycles. The number of H-pyrrole nitrogens is 1. The second-order valence-electron chi connectivity index (χ2n) is 7.74. The van der Waals surface area contributed by atoms with E-state index in [-0.39, 0.29) is 17.7 Å². The van der Waals surface area contributed by atoms with Crippen LogP contribution >= 0.6 is 0 Å². The minimum absolute atomic E-state index is 0.0356. The van der Waals surface area contributed by atoms with E-state index in [0.717, 1.165) is 59.4 Å². The van der Waals surface area contributed by atoms with E-state index in [1.165, 1.54) is 12.5 Å². The number of nitrogens with zero attached hydrogens (tertiary/aromatic N) is 3. The fraction of sp³-hybridized carbons (Fsp3) is 0.333. The van der Waals surface area contributed by atoms with E-state index >= 15 is 0 Å². The monoisotopic (exact) mass is 417 g/mol. The van der Waals surface area contributed by atoms with Crippen LogP contribution in [0.15, 0.2) is 53.4 Å². The third kappa shape index (κ3) is 5.06. The molecule has 3 heterocycles. The van der Waals surface area contributed by atoms with Crippen LogP contribution in [0, 0.1) is 6.92 Å². The molecule has 1 atom stereocenters. The maximum atomic E-state index is 11.9. The van der Waals surface area contributed by atoms with Gasteiger partial charge in [-0.1, -0.05) is 25.0 Å². The second kappa shape index (κ2) is 9.66. The smallest absolute Gasteiger partial charge is 0.263 e. The zero-order valence-electron chi connectivity index (χ0n) is 17.9. The first kappa shape index (κ1) is 20.9. The molecule has 0 bridgehead atoms. The van der Waals surface area contributed by atoms with Gasteiger partial charge in [0.05, 0.1) is 29.6 Å². The summed E-state index contributed by atoms with van der Waals surface area (Å²) >= 11 is 0. The Morgan fingerprint density at radius 1 is 1.16 bits per heavy atom. The Kier molecular flexibility index (Phi) is 6.52. The lowest BCUT2D eigenvalue weighted by molar-refractivity contribution is 0.0945. The van der Waals surface area contributed by atoms with Gasteiger partial charge in [0.15, 0.2) is 0 Å². The molecule has 0 amide bonds. The Morgan fingerprint density at radius 2 is 2.06 bits per heavy atom. The summed E-state index contributed by atoms with van der Waals surface area (Å²) in [7, 11) is 1.95. The maximum absolute atomic E-state index is 11.9. The molecular formula is C24H27N5O2. The minimum Gasteiger partial charge on any atom is -0.442 e. The van der Waals surface area contributed by atoms with Crippen molar-refractivity contribution < 1.29 is 9.21 Å². The van der Waals surface area contributed by atoms with E-state index < -0.39 is 0 Å². The summed E-state index contributed by atoms with van der Waals surface area (Å²) in [5.74, 6) is 1.10. The number of carbonyl (C=O) groups excluding carboxylic acids is 1. The van der Waals surface area contributed by atoms with Crippen LogP contribution in [0.4, 0.5) is 0 Å². The molecule has 4 aromatic rings. The third-order valence-corrected chi connectivity index (χ3v) is 5.48. The topological polar surface area (TPSA) is 96.7 Å². The predicted molar refractivity (Wildman–Crippen MR) is 120 cm³/mol. The molecule has 1 unspecified atom stereocenters. The van der Waals surface area contributed by atoms with Crippen molar-refractivity contribution in [3.63, 3.8) is 0 Å². The van der Waals surface area contributed by atoms with Crippen LogP contribution in [0.5, 0.6) is 0 Å². The fourth-order valence-electron chi connectivity index (χ4n) is 3.75. The van der Waals surface area contributed by atoms with Crippen molar-refractivity contribution >= 4 is 16.7 Å². The van der Waals surface area contributed by atoms with Gasteiger partial charge in [0.2, 0.25) is 5.78 Å². The Bertz CT molecular complexity index is 1150. The van der Waals surface area contributed by atoms with E-state index in [4.69, 9.17) is 4.42 Å². The molecule has 0 radical (unpaired) electrons. The van der Waals surface area contributed by atoms with Crippen LogP contribution in [0.2, 0.25) is 0 Å². The molecule has 7 nitrogen and oxygen atoms in total. The van der Waals surface area contributed by atoms with Crippen molar-refractivity contribution in [2.75, 3.05) is 7.05 Å². The SMILES string of the molecule is CNC(CCCCCC(=O)c1ncco1)c1ncc(-c2ccc3nc(C)ccc3c2)[nH]1. The largest absolute Gasteiger partial charge is 0.442 e. The number of imidazole rings is 1. The van der Waals surface area contributed by atoms with Crippen molar-refractivity contribution in [2.45, 2.75) is 45.1 Å². The number of unbranched alkanes of at least 4 members (excludes halogenated alkanes) is 2. The van der Waals surface area contributed by atoms with Gasteiger partial charge in [-0.15, -0.1) is 0 Å². The molecule has 3 aromatic heterocycles. The number of aromatic nitrogens is 4. The van der Waals surface area contributed by atoms with Gasteiger partial charge in [0.25, 0.3) is 5.89 Å². The van der Waals surface area contributed by atoms with Crippen molar-refractivity contribution in [1.82, 2.24) is 25.3 Å². The van der Waals surface area contributed by atoms with E-state index in [2.05, 4.69) is 43.5 Å². The summed E-state index contributed by atoms with van der Waals surface area (Å²) in [5.41, 5.74) is 4.10. The quantitative estimate of drug-likeness (QED) is 0.278. The standard InChI is InChI=1S/C24H27N5O2/c1-16-8-9-17-14-18(10-11-19(17)28-16)21-15-27-23(29-21)20(25-2)6-4-3-5-7-22(30)24-26-12-13-31-24/h8-15,20,25H,3-7H2,1-2H3,(H,27,29). The first-order valence-corrected chi connectivity index (χ1v) is 10.7. The lowest BCUT2D eigenvalue weighted by Gasteiger charge is -2.13. The van der Waals surface area contributed by atoms with Crippen LogP contribution in [0.25, 0.3) is 22.2 Å². The number of hydrogen-bond donors (Lipinski definition) is 2. The Balaban J connectivity index is 1.32. The van der Waals surface area contributed by atoms with Gasteiger partial charge in [-0.05, 0) is 45.0 Å². The van der Waals surface area contributed by atoms with E-state index in [9.17, 15) is 4.79 Å². The van der Waals surface area contributed by atoms with Gasteiger partial charge < -0.3 is 14.7 Å². The summed E-state index contributed by atoms with van der Waals surface area (Å²) < 4.78 is 5.05. The molecule has 1 aromatic carbocycles. The first-order valence-electron chi connectivity index (χ1n) is 10.7. The van der Waals surface area contributed by atoms with Crippen LogP contribution in [-0.4, -0.2) is 32.8 Å². The summed E-state index contributed by atoms with van der Waals surface area (Å²) in [6.45, 7) is 2.00. The number of fused-ring (bicyclic) bond motifs is 1. The Hall–Kier alpha value is -3.32. The van der Waals surface area contributed by atoms with Crippen molar-refractivity contribution in [2.24, 2.45) is 0 Å². The number of rotatable bonds is 10. The van der Waals surface area contributed by atoms with Crippen LogP contribution < -0.4 is 5.32 Å². The second-order valence-corrected chi connectivity index (χ2v) is 7.74. The van der Waals surface area contributed by atoms with Crippen molar-refractivity contribution in [3.05, 3.63) is 66.4 Å². The number of pyridine rings is 1. The summed E-state index contributed by atoms with van der Waals surface area (Å²) in [5, 5.41) is 4.46. The number of benzene rings is 1. The molecule has 160 valence electrons. The molecule has 0 fully saturated rings. The van der Waals surface area contributed by atoms with Gasteiger partial charge in [-0.25, -0.2) is 9.97 Å². The van der Waals surface area contributed by atoms with Gasteiger partial charge in [-0.2, -0.15) is 0 Å². The lowest BCUT2D eigenvalue weighted by Crippen LogP contribution is -2.17. The third-order valence-electron chi connectivity index (χ3n) is 5.48. The molecule has 0 saturated heterocycles. The van der Waals surface area contributed by atoms with E-state index in [0.29, 0.717) is 6.42 Å². The van der Waals surface area contributed by atoms with Gasteiger partial charge >= 0.3 is 0 Å². The Labute approximate surface area is 181 Å². The highest BCUT2D eigenvalue weighted by atomic mass is 16.3. The highest BCUT2D eigenvalue weighted by Gasteiger charge is 2.15. The first-order chi connectivity index (χ1) is 15.1. The number of aryl methyl sites for hydroxylation is 1. The molecule has 4 rings (SSSR count). The molecule has 7 heteroatoms. The lowest BCUT2D eigenvalue weighted by atomic mass is 10.1. The van der Waals surface area contributed by atoms with E-state index in [1.807, 2.05) is 32.3 Å². The molecule has 0 saturated carbocycles. The fourth-order valence-corrected chi connectivity index (χ4v) is 3.75. The minimum atomic E-state index is -0.0356. The number of Topliss-reactive ketones (excluding diaryl/α,β-unsaturated/α-hetero) is 1. The highest BCUT2D eigenvalue weighted by Crippen LogP contribution is 2.25. The van der Waals surface area contributed by atoms with Crippen molar-refractivity contribution in [3.8, 4) is 11.3 Å². The van der Waals surface area contributed by atoms with Crippen LogP contribution in [0.1, 0.15) is 60.3 Å². The summed E-state index contributed by atoms with van der Waals surface area (Å²) in [6, 6.07) is 10.5. The predicted octanol–water partition coefficient (Wildman–Crippen LogP) is 5.02. The average molecular weight is 418 g/mol. The summed E-state index contributed by atoms with van der Waals surface area (Å²) in [4.78, 5) is 28.5. The number of aromatic amines is 1. The zero-order chi connectivity index (χ0) is 21.6. The average Bonchev–Trinajstić information content (AvgIpc) is 3.48. The van der Waals surface area contributed by atoms with Gasteiger partial charge in [-0.3, -0.25) is 9.78 Å². The molecule has 0 aliphatic carbocycles. The normalized spacial score (nSPS) is 12.3. The van der Waals surface area contributed by atoms with E-state index in [1.54, 1.807) is 0 Å². The highest BCUT2D eigenvalue weighted by molar-refractivity contribution is 5.91. The molecule has 2 N–H and O–H groups in total. The number of ketones is 1. The number of nitrogens with one attached hydrogen (secondary N) is 2. The van der Waals surface area contributed by atoms with Crippen molar-refractivity contribution in [1.29, 1.82) is 0 Å². The van der Waals surface area contributed by atoms with Gasteiger partial charge in [0.1, 0.15) is 12.1 Å².